The minimum Gasteiger partial charge on any atom is -0.355 e. The summed E-state index contributed by atoms with van der Waals surface area (Å²) in [4.78, 5) is 11.7. The molecule has 100 valence electrons. The van der Waals surface area contributed by atoms with Crippen LogP contribution in [0, 0.1) is 0 Å². The predicted octanol–water partition coefficient (Wildman–Crippen LogP) is 0.880. The number of nitrogens with one attached hydrogen (secondary N) is 2. The first kappa shape index (κ1) is 14.7. The number of amides is 1. The fourth-order valence-electron chi connectivity index (χ4n) is 1.36. The van der Waals surface area contributed by atoms with Crippen LogP contribution in [0.4, 0.5) is 0 Å². The van der Waals surface area contributed by atoms with Gasteiger partial charge in [0, 0.05) is 6.54 Å². The van der Waals surface area contributed by atoms with Gasteiger partial charge in [0.2, 0.25) is 15.9 Å². The zero-order valence-corrected chi connectivity index (χ0v) is 11.3. The summed E-state index contributed by atoms with van der Waals surface area (Å²) in [6.07, 6.45) is 0.809. The second kappa shape index (κ2) is 6.51. The van der Waals surface area contributed by atoms with Gasteiger partial charge in [-0.05, 0) is 25.5 Å². The van der Waals surface area contributed by atoms with Crippen LogP contribution >= 0.6 is 0 Å². The molecule has 5 nitrogen and oxygen atoms in total. The SMILES string of the molecule is CCCNC(=O)[C@@H](C)NS(=O)(=O)c1ccccc1. The second-order valence-corrected chi connectivity index (χ2v) is 5.66. The van der Waals surface area contributed by atoms with Crippen LogP contribution in [-0.2, 0) is 14.8 Å². The molecule has 1 aromatic rings. The Morgan fingerprint density at radius 2 is 1.89 bits per heavy atom. The molecule has 18 heavy (non-hydrogen) atoms. The zero-order chi connectivity index (χ0) is 13.6. The normalized spacial score (nSPS) is 13.0. The quantitative estimate of drug-likeness (QED) is 0.805. The zero-order valence-electron chi connectivity index (χ0n) is 10.5. The van der Waals surface area contributed by atoms with Crippen LogP contribution in [0.5, 0.6) is 0 Å². The largest absolute Gasteiger partial charge is 0.355 e. The van der Waals surface area contributed by atoms with E-state index in [9.17, 15) is 13.2 Å². The Balaban J connectivity index is 2.69. The average molecular weight is 270 g/mol. The topological polar surface area (TPSA) is 75.3 Å². The first-order valence-corrected chi connectivity index (χ1v) is 7.30. The lowest BCUT2D eigenvalue weighted by atomic mass is 10.3. The van der Waals surface area contributed by atoms with E-state index in [0.29, 0.717) is 6.54 Å². The molecule has 0 radical (unpaired) electrons. The number of hydrogen-bond donors (Lipinski definition) is 2. The standard InChI is InChI=1S/C12H18N2O3S/c1-3-9-13-12(15)10(2)14-18(16,17)11-7-5-4-6-8-11/h4-8,10,14H,3,9H2,1-2H3,(H,13,15)/t10-/m1/s1. The lowest BCUT2D eigenvalue weighted by Gasteiger charge is -2.14. The van der Waals surface area contributed by atoms with Crippen LogP contribution in [0.25, 0.3) is 0 Å². The van der Waals surface area contributed by atoms with E-state index in [1.54, 1.807) is 18.2 Å². The van der Waals surface area contributed by atoms with E-state index < -0.39 is 16.1 Å². The summed E-state index contributed by atoms with van der Waals surface area (Å²) < 4.78 is 26.2. The van der Waals surface area contributed by atoms with E-state index in [0.717, 1.165) is 6.42 Å². The lowest BCUT2D eigenvalue weighted by Crippen LogP contribution is -2.44. The Morgan fingerprint density at radius 1 is 1.28 bits per heavy atom. The van der Waals surface area contributed by atoms with Crippen LogP contribution in [-0.4, -0.2) is 26.9 Å². The molecule has 0 bridgehead atoms. The summed E-state index contributed by atoms with van der Waals surface area (Å²) >= 11 is 0. The van der Waals surface area contributed by atoms with E-state index >= 15 is 0 Å². The maximum Gasteiger partial charge on any atom is 0.241 e. The molecule has 1 atom stereocenters. The van der Waals surface area contributed by atoms with Gasteiger partial charge in [-0.15, -0.1) is 0 Å². The molecular formula is C12H18N2O3S. The van der Waals surface area contributed by atoms with Gasteiger partial charge in [-0.25, -0.2) is 8.42 Å². The molecule has 0 saturated carbocycles. The third-order valence-corrected chi connectivity index (χ3v) is 3.88. The first-order valence-electron chi connectivity index (χ1n) is 5.82. The molecule has 2 N–H and O–H groups in total. The molecule has 0 aliphatic heterocycles. The Labute approximate surface area is 108 Å². The van der Waals surface area contributed by atoms with Crippen LogP contribution < -0.4 is 10.0 Å². The molecule has 0 heterocycles. The molecule has 0 aliphatic carbocycles. The number of hydrogen-bond acceptors (Lipinski definition) is 3. The summed E-state index contributed by atoms with van der Waals surface area (Å²) in [5.74, 6) is -0.323. The van der Waals surface area contributed by atoms with Crippen molar-refractivity contribution in [3.05, 3.63) is 30.3 Å². The summed E-state index contributed by atoms with van der Waals surface area (Å²) in [7, 11) is -3.64. The van der Waals surface area contributed by atoms with Gasteiger partial charge in [0.1, 0.15) is 0 Å². The van der Waals surface area contributed by atoms with Crippen molar-refractivity contribution in [1.82, 2.24) is 10.0 Å². The first-order chi connectivity index (χ1) is 8.47. The van der Waals surface area contributed by atoms with E-state index in [2.05, 4.69) is 10.0 Å². The van der Waals surface area contributed by atoms with Gasteiger partial charge in [0.25, 0.3) is 0 Å². The van der Waals surface area contributed by atoms with Gasteiger partial charge < -0.3 is 5.32 Å². The number of benzene rings is 1. The Bertz CT molecular complexity index is 485. The monoisotopic (exact) mass is 270 g/mol. The van der Waals surface area contributed by atoms with Crippen LogP contribution in [0.1, 0.15) is 20.3 Å². The van der Waals surface area contributed by atoms with Crippen molar-refractivity contribution in [2.75, 3.05) is 6.54 Å². The molecule has 1 rings (SSSR count). The highest BCUT2D eigenvalue weighted by atomic mass is 32.2. The smallest absolute Gasteiger partial charge is 0.241 e. The highest BCUT2D eigenvalue weighted by Gasteiger charge is 2.21. The third kappa shape index (κ3) is 4.12. The molecule has 0 unspecified atom stereocenters. The van der Waals surface area contributed by atoms with Gasteiger partial charge in [0.15, 0.2) is 0 Å². The van der Waals surface area contributed by atoms with E-state index in [1.165, 1.54) is 19.1 Å². The minimum absolute atomic E-state index is 0.153. The summed E-state index contributed by atoms with van der Waals surface area (Å²) in [6, 6.07) is 7.18. The highest BCUT2D eigenvalue weighted by molar-refractivity contribution is 7.89. The fourth-order valence-corrected chi connectivity index (χ4v) is 2.58. The maximum atomic E-state index is 11.9. The molecule has 0 saturated heterocycles. The molecule has 6 heteroatoms. The van der Waals surface area contributed by atoms with Gasteiger partial charge in [-0.1, -0.05) is 25.1 Å². The lowest BCUT2D eigenvalue weighted by molar-refractivity contribution is -0.122. The van der Waals surface area contributed by atoms with Gasteiger partial charge >= 0.3 is 0 Å². The van der Waals surface area contributed by atoms with Crippen molar-refractivity contribution < 1.29 is 13.2 Å². The minimum atomic E-state index is -3.64. The van der Waals surface area contributed by atoms with Crippen molar-refractivity contribution in [2.24, 2.45) is 0 Å². The van der Waals surface area contributed by atoms with Crippen molar-refractivity contribution in [3.63, 3.8) is 0 Å². The van der Waals surface area contributed by atoms with Crippen molar-refractivity contribution >= 4 is 15.9 Å². The Morgan fingerprint density at radius 3 is 2.44 bits per heavy atom. The van der Waals surface area contributed by atoms with E-state index in [1.807, 2.05) is 6.92 Å². The molecule has 0 aromatic heterocycles. The molecular weight excluding hydrogens is 252 g/mol. The van der Waals surface area contributed by atoms with Crippen molar-refractivity contribution in [3.8, 4) is 0 Å². The maximum absolute atomic E-state index is 11.9. The summed E-state index contributed by atoms with van der Waals surface area (Å²) in [5.41, 5.74) is 0. The van der Waals surface area contributed by atoms with Crippen LogP contribution in [0.2, 0.25) is 0 Å². The Hall–Kier alpha value is -1.40. The summed E-state index contributed by atoms with van der Waals surface area (Å²) in [5, 5.41) is 2.64. The molecule has 1 aromatic carbocycles. The third-order valence-electron chi connectivity index (χ3n) is 2.33. The molecule has 1 amide bonds. The van der Waals surface area contributed by atoms with Gasteiger partial charge in [-0.3, -0.25) is 4.79 Å². The number of carbonyl (C=O) groups is 1. The van der Waals surface area contributed by atoms with Crippen molar-refractivity contribution in [1.29, 1.82) is 0 Å². The average Bonchev–Trinajstić information content (AvgIpc) is 2.36. The number of rotatable bonds is 6. The van der Waals surface area contributed by atoms with Crippen LogP contribution in [0.15, 0.2) is 35.2 Å². The highest BCUT2D eigenvalue weighted by Crippen LogP contribution is 2.07. The van der Waals surface area contributed by atoms with Gasteiger partial charge in [-0.2, -0.15) is 4.72 Å². The van der Waals surface area contributed by atoms with E-state index in [-0.39, 0.29) is 10.8 Å². The number of carbonyl (C=O) groups excluding carboxylic acids is 1. The number of sulfonamides is 1. The van der Waals surface area contributed by atoms with Crippen molar-refractivity contribution in [2.45, 2.75) is 31.2 Å². The fraction of sp³-hybridized carbons (Fsp3) is 0.417. The van der Waals surface area contributed by atoms with E-state index in [4.69, 9.17) is 0 Å². The Kier molecular flexibility index (Phi) is 5.30. The summed E-state index contributed by atoms with van der Waals surface area (Å²) in [6.45, 7) is 3.99. The van der Waals surface area contributed by atoms with Crippen LogP contribution in [0.3, 0.4) is 0 Å². The molecule has 0 aliphatic rings. The molecule has 0 fully saturated rings. The molecule has 0 spiro atoms. The predicted molar refractivity (Wildman–Crippen MR) is 69.5 cm³/mol. The van der Waals surface area contributed by atoms with Gasteiger partial charge in [0.05, 0.1) is 10.9 Å². The second-order valence-electron chi connectivity index (χ2n) is 3.95.